The summed E-state index contributed by atoms with van der Waals surface area (Å²) in [6.45, 7) is 1.67. The van der Waals surface area contributed by atoms with Crippen LogP contribution in [0.5, 0.6) is 0 Å². The van der Waals surface area contributed by atoms with E-state index >= 15 is 0 Å². The van der Waals surface area contributed by atoms with Crippen molar-refractivity contribution in [2.75, 3.05) is 0 Å². The molecule has 0 saturated carbocycles. The largest absolute Gasteiger partial charge is 0.348 e. The number of amides is 1. The lowest BCUT2D eigenvalue weighted by atomic mass is 10.1. The smallest absolute Gasteiger partial charge is 0.278 e. The van der Waals surface area contributed by atoms with Crippen molar-refractivity contribution in [3.8, 4) is 0 Å². The Morgan fingerprint density at radius 3 is 2.67 bits per heavy atom. The minimum Gasteiger partial charge on any atom is -0.348 e. The van der Waals surface area contributed by atoms with Gasteiger partial charge in [0.25, 0.3) is 5.56 Å². The highest BCUT2D eigenvalue weighted by Gasteiger charge is 2.13. The van der Waals surface area contributed by atoms with Crippen LogP contribution in [0.15, 0.2) is 53.3 Å². The van der Waals surface area contributed by atoms with E-state index in [0.717, 1.165) is 10.2 Å². The van der Waals surface area contributed by atoms with Gasteiger partial charge in [0.05, 0.1) is 11.4 Å². The van der Waals surface area contributed by atoms with Crippen molar-refractivity contribution in [3.63, 3.8) is 0 Å². The number of aromatic nitrogens is 3. The van der Waals surface area contributed by atoms with Gasteiger partial charge in [-0.3, -0.25) is 9.59 Å². The summed E-state index contributed by atoms with van der Waals surface area (Å²) in [6.07, 6.45) is 0. The average Bonchev–Trinajstić information content (AvgIpc) is 2.58. The Labute approximate surface area is 143 Å². The number of benzene rings is 2. The standard InChI is InChI=1S/C17H15ClN4O2/c1-11(12-6-8-13(18)9-7-12)19-16(23)10-22-17(24)14-4-2-3-5-15(14)20-21-22/h2-9,11H,10H2,1H3,(H,19,23). The fourth-order valence-corrected chi connectivity index (χ4v) is 2.51. The maximum atomic E-state index is 12.3. The molecule has 0 fully saturated rings. The minimum atomic E-state index is -0.338. The second-order valence-electron chi connectivity index (χ2n) is 5.41. The van der Waals surface area contributed by atoms with Crippen molar-refractivity contribution < 1.29 is 4.79 Å². The molecule has 0 aliphatic heterocycles. The fourth-order valence-electron chi connectivity index (χ4n) is 2.38. The number of carbonyl (C=O) groups is 1. The van der Waals surface area contributed by atoms with Gasteiger partial charge in [0.2, 0.25) is 5.91 Å². The van der Waals surface area contributed by atoms with E-state index in [4.69, 9.17) is 11.6 Å². The predicted molar refractivity (Wildman–Crippen MR) is 91.8 cm³/mol. The van der Waals surface area contributed by atoms with Crippen LogP contribution in [0.25, 0.3) is 10.9 Å². The van der Waals surface area contributed by atoms with Gasteiger partial charge in [-0.1, -0.05) is 41.1 Å². The van der Waals surface area contributed by atoms with E-state index in [1.165, 1.54) is 0 Å². The molecule has 7 heteroatoms. The summed E-state index contributed by atoms with van der Waals surface area (Å²) in [7, 11) is 0. The summed E-state index contributed by atoms with van der Waals surface area (Å²) in [5.74, 6) is -0.316. The van der Waals surface area contributed by atoms with E-state index in [2.05, 4.69) is 15.6 Å². The SMILES string of the molecule is CC(NC(=O)Cn1nnc2ccccc2c1=O)c1ccc(Cl)cc1. The molecule has 122 valence electrons. The van der Waals surface area contributed by atoms with Gasteiger partial charge in [-0.2, -0.15) is 0 Å². The molecule has 0 radical (unpaired) electrons. The second kappa shape index (κ2) is 6.80. The van der Waals surface area contributed by atoms with Gasteiger partial charge in [0.15, 0.2) is 0 Å². The molecule has 1 atom stereocenters. The number of nitrogens with zero attached hydrogens (tertiary/aromatic N) is 3. The molecule has 1 amide bonds. The van der Waals surface area contributed by atoms with E-state index in [9.17, 15) is 9.59 Å². The molecule has 0 aliphatic carbocycles. The Morgan fingerprint density at radius 2 is 1.92 bits per heavy atom. The van der Waals surface area contributed by atoms with Crippen LogP contribution in [0.1, 0.15) is 18.5 Å². The Morgan fingerprint density at radius 1 is 1.21 bits per heavy atom. The lowest BCUT2D eigenvalue weighted by Gasteiger charge is -2.14. The number of hydrogen-bond donors (Lipinski definition) is 1. The third kappa shape index (κ3) is 3.44. The van der Waals surface area contributed by atoms with Crippen LogP contribution >= 0.6 is 11.6 Å². The van der Waals surface area contributed by atoms with Gasteiger partial charge < -0.3 is 5.32 Å². The highest BCUT2D eigenvalue weighted by Crippen LogP contribution is 2.15. The van der Waals surface area contributed by atoms with Gasteiger partial charge in [-0.05, 0) is 36.8 Å². The second-order valence-corrected chi connectivity index (χ2v) is 5.85. The number of fused-ring (bicyclic) bond motifs is 1. The zero-order chi connectivity index (χ0) is 17.1. The molecule has 0 spiro atoms. The van der Waals surface area contributed by atoms with E-state index in [1.807, 2.05) is 19.1 Å². The summed E-state index contributed by atoms with van der Waals surface area (Å²) in [5.41, 5.74) is 1.09. The Bertz CT molecular complexity index is 937. The van der Waals surface area contributed by atoms with Gasteiger partial charge in [0, 0.05) is 5.02 Å². The third-order valence-electron chi connectivity index (χ3n) is 3.67. The first-order valence-corrected chi connectivity index (χ1v) is 7.80. The van der Waals surface area contributed by atoms with Gasteiger partial charge in [-0.25, -0.2) is 4.68 Å². The topological polar surface area (TPSA) is 76.9 Å². The Hall–Kier alpha value is -2.73. The zero-order valence-electron chi connectivity index (χ0n) is 12.9. The normalized spacial score (nSPS) is 12.1. The van der Waals surface area contributed by atoms with Crippen LogP contribution in [0.3, 0.4) is 0 Å². The minimum absolute atomic E-state index is 0.186. The highest BCUT2D eigenvalue weighted by atomic mass is 35.5. The van der Waals surface area contributed by atoms with Gasteiger partial charge in [-0.15, -0.1) is 5.10 Å². The molecule has 3 aromatic rings. The molecular formula is C17H15ClN4O2. The van der Waals surface area contributed by atoms with Crippen LogP contribution in [0, 0.1) is 0 Å². The van der Waals surface area contributed by atoms with E-state index < -0.39 is 0 Å². The molecule has 0 aliphatic rings. The summed E-state index contributed by atoms with van der Waals surface area (Å²) in [5, 5.41) is 11.7. The summed E-state index contributed by atoms with van der Waals surface area (Å²) >= 11 is 5.85. The number of hydrogen-bond acceptors (Lipinski definition) is 4. The van der Waals surface area contributed by atoms with Crippen LogP contribution in [-0.2, 0) is 11.3 Å². The lowest BCUT2D eigenvalue weighted by molar-refractivity contribution is -0.122. The maximum absolute atomic E-state index is 12.3. The van der Waals surface area contributed by atoms with Crippen molar-refractivity contribution in [1.82, 2.24) is 20.3 Å². The van der Waals surface area contributed by atoms with Gasteiger partial charge >= 0.3 is 0 Å². The molecule has 1 unspecified atom stereocenters. The summed E-state index contributed by atoms with van der Waals surface area (Å²) in [4.78, 5) is 24.5. The van der Waals surface area contributed by atoms with Crippen molar-refractivity contribution in [1.29, 1.82) is 0 Å². The van der Waals surface area contributed by atoms with Gasteiger partial charge in [0.1, 0.15) is 12.1 Å². The maximum Gasteiger partial charge on any atom is 0.278 e. The zero-order valence-corrected chi connectivity index (χ0v) is 13.7. The number of rotatable bonds is 4. The molecule has 1 N–H and O–H groups in total. The highest BCUT2D eigenvalue weighted by molar-refractivity contribution is 6.30. The first-order chi connectivity index (χ1) is 11.5. The van der Waals surface area contributed by atoms with Crippen LogP contribution in [-0.4, -0.2) is 20.9 Å². The van der Waals surface area contributed by atoms with Crippen LogP contribution < -0.4 is 10.9 Å². The van der Waals surface area contributed by atoms with Crippen molar-refractivity contribution in [3.05, 3.63) is 69.5 Å². The van der Waals surface area contributed by atoms with Crippen molar-refractivity contribution in [2.24, 2.45) is 0 Å². The average molecular weight is 343 g/mol. The number of nitrogens with one attached hydrogen (secondary N) is 1. The van der Waals surface area contributed by atoms with Crippen molar-refractivity contribution in [2.45, 2.75) is 19.5 Å². The predicted octanol–water partition coefficient (Wildman–Crippen LogP) is 2.32. The summed E-state index contributed by atoms with van der Waals surface area (Å²) < 4.78 is 1.06. The summed E-state index contributed by atoms with van der Waals surface area (Å²) in [6, 6.07) is 13.9. The van der Waals surface area contributed by atoms with Crippen molar-refractivity contribution >= 4 is 28.4 Å². The van der Waals surface area contributed by atoms with Crippen LogP contribution in [0.2, 0.25) is 5.02 Å². The quantitative estimate of drug-likeness (QED) is 0.789. The molecule has 1 heterocycles. The molecule has 2 aromatic carbocycles. The van der Waals surface area contributed by atoms with E-state index in [0.29, 0.717) is 15.9 Å². The Kier molecular flexibility index (Phi) is 4.57. The molecule has 3 rings (SSSR count). The lowest BCUT2D eigenvalue weighted by Crippen LogP contribution is -2.35. The first kappa shape index (κ1) is 16.1. The molecule has 1 aromatic heterocycles. The molecule has 6 nitrogen and oxygen atoms in total. The number of halogens is 1. The molecular weight excluding hydrogens is 328 g/mol. The Balaban J connectivity index is 1.74. The molecule has 0 saturated heterocycles. The molecule has 24 heavy (non-hydrogen) atoms. The first-order valence-electron chi connectivity index (χ1n) is 7.42. The van der Waals surface area contributed by atoms with E-state index in [1.54, 1.807) is 36.4 Å². The van der Waals surface area contributed by atoms with E-state index in [-0.39, 0.29) is 24.1 Å². The monoisotopic (exact) mass is 342 g/mol. The van der Waals surface area contributed by atoms with Crippen LogP contribution in [0.4, 0.5) is 0 Å². The molecule has 0 bridgehead atoms. The number of carbonyl (C=O) groups excluding carboxylic acids is 1. The fraction of sp³-hybridized carbons (Fsp3) is 0.176. The third-order valence-corrected chi connectivity index (χ3v) is 3.92.